The summed E-state index contributed by atoms with van der Waals surface area (Å²) in [6, 6.07) is 11.7. The van der Waals surface area contributed by atoms with Crippen molar-refractivity contribution in [2.75, 3.05) is 5.32 Å². The molecule has 1 aliphatic carbocycles. The van der Waals surface area contributed by atoms with Gasteiger partial charge in [-0.3, -0.25) is 9.59 Å². The van der Waals surface area contributed by atoms with Gasteiger partial charge in [0.05, 0.1) is 0 Å². The zero-order chi connectivity index (χ0) is 16.4. The SMILES string of the molecule is O=C(Nc1cccc(C(=O)NC2CC2)c1)c1cc(Cl)cc(Cl)c1. The first kappa shape index (κ1) is 15.8. The van der Waals surface area contributed by atoms with Gasteiger partial charge in [0.2, 0.25) is 0 Å². The molecule has 0 spiro atoms. The van der Waals surface area contributed by atoms with Crippen molar-refractivity contribution < 1.29 is 9.59 Å². The molecular weight excluding hydrogens is 335 g/mol. The molecule has 118 valence electrons. The summed E-state index contributed by atoms with van der Waals surface area (Å²) < 4.78 is 0. The molecule has 2 aromatic rings. The average Bonchev–Trinajstić information content (AvgIpc) is 3.30. The van der Waals surface area contributed by atoms with Crippen molar-refractivity contribution in [3.8, 4) is 0 Å². The fourth-order valence-corrected chi connectivity index (χ4v) is 2.65. The van der Waals surface area contributed by atoms with Crippen LogP contribution < -0.4 is 10.6 Å². The Morgan fingerprint density at radius 1 is 0.913 bits per heavy atom. The standard InChI is InChI=1S/C17H14Cl2N2O2/c18-12-6-11(7-13(19)9-12)17(23)21-15-3-1-2-10(8-15)16(22)20-14-4-5-14/h1-3,6-9,14H,4-5H2,(H,20,22)(H,21,23). The monoisotopic (exact) mass is 348 g/mol. The molecule has 0 unspecified atom stereocenters. The summed E-state index contributed by atoms with van der Waals surface area (Å²) in [5, 5.41) is 6.43. The number of nitrogens with one attached hydrogen (secondary N) is 2. The van der Waals surface area contributed by atoms with Gasteiger partial charge in [-0.25, -0.2) is 0 Å². The van der Waals surface area contributed by atoms with E-state index in [1.807, 2.05) is 0 Å². The van der Waals surface area contributed by atoms with Crippen LogP contribution in [-0.2, 0) is 0 Å². The molecule has 3 rings (SSSR count). The van der Waals surface area contributed by atoms with Crippen molar-refractivity contribution in [1.82, 2.24) is 5.32 Å². The highest BCUT2D eigenvalue weighted by atomic mass is 35.5. The van der Waals surface area contributed by atoms with E-state index in [-0.39, 0.29) is 17.9 Å². The molecule has 0 heterocycles. The molecule has 0 aromatic heterocycles. The normalized spacial score (nSPS) is 13.5. The summed E-state index contributed by atoms with van der Waals surface area (Å²) >= 11 is 11.8. The van der Waals surface area contributed by atoms with Gasteiger partial charge in [-0.15, -0.1) is 0 Å². The highest BCUT2D eigenvalue weighted by Gasteiger charge is 2.23. The Labute approximate surface area is 143 Å². The molecule has 2 aromatic carbocycles. The van der Waals surface area contributed by atoms with Crippen LogP contribution in [-0.4, -0.2) is 17.9 Å². The molecule has 0 saturated heterocycles. The first-order valence-corrected chi connectivity index (χ1v) is 7.95. The van der Waals surface area contributed by atoms with Crippen molar-refractivity contribution in [1.29, 1.82) is 0 Å². The minimum atomic E-state index is -0.339. The van der Waals surface area contributed by atoms with Crippen LogP contribution in [0.1, 0.15) is 33.6 Å². The topological polar surface area (TPSA) is 58.2 Å². The summed E-state index contributed by atoms with van der Waals surface area (Å²) in [5.41, 5.74) is 1.41. The number of rotatable bonds is 4. The smallest absolute Gasteiger partial charge is 0.255 e. The van der Waals surface area contributed by atoms with E-state index in [0.29, 0.717) is 26.9 Å². The lowest BCUT2D eigenvalue weighted by Crippen LogP contribution is -2.25. The molecule has 2 amide bonds. The Bertz CT molecular complexity index is 753. The zero-order valence-electron chi connectivity index (χ0n) is 12.1. The second-order valence-electron chi connectivity index (χ2n) is 5.44. The van der Waals surface area contributed by atoms with Crippen LogP contribution in [0.5, 0.6) is 0 Å². The zero-order valence-corrected chi connectivity index (χ0v) is 13.6. The summed E-state index contributed by atoms with van der Waals surface area (Å²) in [6.45, 7) is 0. The predicted octanol–water partition coefficient (Wildman–Crippen LogP) is 4.14. The number of carbonyl (C=O) groups is 2. The Morgan fingerprint density at radius 2 is 1.61 bits per heavy atom. The Hall–Kier alpha value is -2.04. The number of carbonyl (C=O) groups excluding carboxylic acids is 2. The maximum Gasteiger partial charge on any atom is 0.255 e. The summed E-state index contributed by atoms with van der Waals surface area (Å²) in [7, 11) is 0. The van der Waals surface area contributed by atoms with Crippen LogP contribution in [0.4, 0.5) is 5.69 Å². The lowest BCUT2D eigenvalue weighted by Gasteiger charge is -2.08. The maximum atomic E-state index is 12.3. The van der Waals surface area contributed by atoms with Gasteiger partial charge in [0.25, 0.3) is 11.8 Å². The largest absolute Gasteiger partial charge is 0.349 e. The molecule has 0 atom stereocenters. The van der Waals surface area contributed by atoms with E-state index in [1.165, 1.54) is 12.1 Å². The van der Waals surface area contributed by atoms with E-state index in [0.717, 1.165) is 12.8 Å². The first-order chi connectivity index (χ1) is 11.0. The summed E-state index contributed by atoms with van der Waals surface area (Å²) in [5.74, 6) is -0.469. The molecule has 4 nitrogen and oxygen atoms in total. The molecule has 0 aliphatic heterocycles. The summed E-state index contributed by atoms with van der Waals surface area (Å²) in [6.07, 6.45) is 2.05. The number of halogens is 2. The van der Waals surface area contributed by atoms with Gasteiger partial charge in [-0.1, -0.05) is 29.3 Å². The maximum absolute atomic E-state index is 12.3. The van der Waals surface area contributed by atoms with Crippen LogP contribution in [0, 0.1) is 0 Å². The van der Waals surface area contributed by atoms with Gasteiger partial charge >= 0.3 is 0 Å². The Kier molecular flexibility index (Phi) is 4.55. The second kappa shape index (κ2) is 6.60. The van der Waals surface area contributed by atoms with Crippen LogP contribution in [0.25, 0.3) is 0 Å². The third-order valence-electron chi connectivity index (χ3n) is 3.42. The molecule has 1 saturated carbocycles. The van der Waals surface area contributed by atoms with Gasteiger partial charge in [0.15, 0.2) is 0 Å². The van der Waals surface area contributed by atoms with E-state index >= 15 is 0 Å². The van der Waals surface area contributed by atoms with E-state index in [2.05, 4.69) is 10.6 Å². The molecule has 23 heavy (non-hydrogen) atoms. The van der Waals surface area contributed by atoms with Crippen molar-refractivity contribution in [2.24, 2.45) is 0 Å². The van der Waals surface area contributed by atoms with Crippen LogP contribution in [0.15, 0.2) is 42.5 Å². The second-order valence-corrected chi connectivity index (χ2v) is 6.31. The van der Waals surface area contributed by atoms with Gasteiger partial charge < -0.3 is 10.6 Å². The Balaban J connectivity index is 1.74. The van der Waals surface area contributed by atoms with E-state index < -0.39 is 0 Å². The molecule has 0 radical (unpaired) electrons. The third-order valence-corrected chi connectivity index (χ3v) is 3.86. The van der Waals surface area contributed by atoms with Crippen LogP contribution >= 0.6 is 23.2 Å². The molecule has 6 heteroatoms. The number of amides is 2. The van der Waals surface area contributed by atoms with Gasteiger partial charge in [0, 0.05) is 32.9 Å². The molecule has 1 aliphatic rings. The number of anilines is 1. The number of hydrogen-bond acceptors (Lipinski definition) is 2. The highest BCUT2D eigenvalue weighted by molar-refractivity contribution is 6.35. The minimum Gasteiger partial charge on any atom is -0.349 e. The third kappa shape index (κ3) is 4.24. The lowest BCUT2D eigenvalue weighted by molar-refractivity contribution is 0.0949. The molecule has 2 N–H and O–H groups in total. The van der Waals surface area contributed by atoms with Crippen LogP contribution in [0.2, 0.25) is 10.0 Å². The molecular formula is C17H14Cl2N2O2. The fraction of sp³-hybridized carbons (Fsp3) is 0.176. The van der Waals surface area contributed by atoms with Crippen molar-refractivity contribution in [2.45, 2.75) is 18.9 Å². The van der Waals surface area contributed by atoms with Gasteiger partial charge in [-0.2, -0.15) is 0 Å². The fourth-order valence-electron chi connectivity index (χ4n) is 2.12. The lowest BCUT2D eigenvalue weighted by atomic mass is 10.1. The van der Waals surface area contributed by atoms with Crippen molar-refractivity contribution in [3.63, 3.8) is 0 Å². The average molecular weight is 349 g/mol. The summed E-state index contributed by atoms with van der Waals surface area (Å²) in [4.78, 5) is 24.3. The van der Waals surface area contributed by atoms with Crippen LogP contribution in [0.3, 0.4) is 0 Å². The molecule has 0 bridgehead atoms. The number of benzene rings is 2. The van der Waals surface area contributed by atoms with Gasteiger partial charge in [-0.05, 0) is 49.2 Å². The molecule has 1 fully saturated rings. The van der Waals surface area contributed by atoms with E-state index in [9.17, 15) is 9.59 Å². The predicted molar refractivity (Wildman–Crippen MR) is 91.3 cm³/mol. The quantitative estimate of drug-likeness (QED) is 0.872. The minimum absolute atomic E-state index is 0.130. The Morgan fingerprint density at radius 3 is 2.26 bits per heavy atom. The highest BCUT2D eigenvalue weighted by Crippen LogP contribution is 2.21. The van der Waals surface area contributed by atoms with Crippen molar-refractivity contribution in [3.05, 3.63) is 63.6 Å². The number of hydrogen-bond donors (Lipinski definition) is 2. The van der Waals surface area contributed by atoms with E-state index in [4.69, 9.17) is 23.2 Å². The van der Waals surface area contributed by atoms with Gasteiger partial charge in [0.1, 0.15) is 0 Å². The van der Waals surface area contributed by atoms with E-state index in [1.54, 1.807) is 30.3 Å². The van der Waals surface area contributed by atoms with Crippen molar-refractivity contribution >= 4 is 40.7 Å². The first-order valence-electron chi connectivity index (χ1n) is 7.19.